The lowest BCUT2D eigenvalue weighted by atomic mass is 9.80. The van der Waals surface area contributed by atoms with Crippen LogP contribution in [0.15, 0.2) is 53.5 Å². The summed E-state index contributed by atoms with van der Waals surface area (Å²) in [6, 6.07) is 12.1. The monoisotopic (exact) mass is 893 g/mol. The second kappa shape index (κ2) is 17.9. The van der Waals surface area contributed by atoms with Gasteiger partial charge in [-0.25, -0.2) is 4.98 Å². The van der Waals surface area contributed by atoms with E-state index in [0.29, 0.717) is 39.6 Å². The van der Waals surface area contributed by atoms with E-state index in [-0.39, 0.29) is 60.8 Å². The maximum atomic E-state index is 13.4. The molecule has 1 atom stereocenters. The summed E-state index contributed by atoms with van der Waals surface area (Å²) in [4.78, 5) is 90.8. The lowest BCUT2D eigenvalue weighted by Crippen LogP contribution is -2.58. The zero-order valence-corrected chi connectivity index (χ0v) is 36.9. The summed E-state index contributed by atoms with van der Waals surface area (Å²) in [5.41, 5.74) is 2.82. The number of fused-ring (bicyclic) bond motifs is 2. The molecule has 5 amide bonds. The predicted octanol–water partition coefficient (Wildman–Crippen LogP) is 4.69. The van der Waals surface area contributed by atoms with Crippen molar-refractivity contribution in [1.82, 2.24) is 35.0 Å². The predicted molar refractivity (Wildman–Crippen MR) is 238 cm³/mol. The first kappa shape index (κ1) is 43.3. The highest BCUT2D eigenvalue weighted by Gasteiger charge is 2.45. The van der Waals surface area contributed by atoms with Gasteiger partial charge in [-0.05, 0) is 107 Å². The number of hydrogen-bond acceptors (Lipinski definition) is 13. The number of likely N-dealkylation sites (N-methyl/N-ethyl adjacent to an activating group) is 1. The van der Waals surface area contributed by atoms with Crippen LogP contribution in [0.3, 0.4) is 0 Å². The summed E-state index contributed by atoms with van der Waals surface area (Å²) in [5, 5.41) is 9.19. The highest BCUT2D eigenvalue weighted by atomic mass is 35.5. The van der Waals surface area contributed by atoms with Crippen LogP contribution >= 0.6 is 11.6 Å². The number of hydrogen-bond donors (Lipinski definition) is 3. The number of pyridine rings is 1. The quantitative estimate of drug-likeness (QED) is 0.166. The number of anilines is 3. The highest BCUT2D eigenvalue weighted by molar-refractivity contribution is 6.33. The molecule has 336 valence electrons. The Hall–Kier alpha value is -5.91. The van der Waals surface area contributed by atoms with Crippen LogP contribution in [0.5, 0.6) is 5.75 Å². The summed E-state index contributed by atoms with van der Waals surface area (Å²) < 4.78 is 13.8. The van der Waals surface area contributed by atoms with Gasteiger partial charge in [0.05, 0.1) is 35.0 Å². The fourth-order valence-electron chi connectivity index (χ4n) is 9.80. The average molecular weight is 894 g/mol. The molecule has 6 heterocycles. The number of ether oxygens (including phenoxy) is 2. The summed E-state index contributed by atoms with van der Waals surface area (Å²) >= 11 is 6.59. The van der Waals surface area contributed by atoms with Gasteiger partial charge in [0.1, 0.15) is 11.1 Å². The molecule has 1 saturated carbocycles. The molecule has 64 heavy (non-hydrogen) atoms. The first-order valence-corrected chi connectivity index (χ1v) is 22.5. The molecule has 3 N–H and O–H groups in total. The van der Waals surface area contributed by atoms with Crippen LogP contribution in [-0.4, -0.2) is 118 Å². The number of imide groups is 2. The summed E-state index contributed by atoms with van der Waals surface area (Å²) in [5.74, 6) is -0.875. The van der Waals surface area contributed by atoms with Crippen LogP contribution in [0.1, 0.15) is 103 Å². The Balaban J connectivity index is 0.745. The standard InChI is InChI=1S/C46H52ClN9O8/c1-25(2)55-36-11-7-29(18-28(36)20-38(45(55)62)63-24-40(58)48-3)50-41-35(47)21-49-46(52-41)53-16-14-31(15-17-53)64-32-22-54(23-32)30-8-4-26(5-9-30)27-6-10-33-34(19-27)44(61)56(43(33)60)37-12-13-39(57)51-42(37)59/h6-7,10-11,18-21,25-26,30-32,37H,4-5,8-9,12-17,22-24H2,1-3H3,(H,48,58)(H,49,50,52)(H,51,57,59). The first-order valence-electron chi connectivity index (χ1n) is 22.2. The number of carbonyl (C=O) groups excluding carboxylic acids is 5. The number of nitrogens with one attached hydrogen (secondary N) is 3. The van der Waals surface area contributed by atoms with Crippen molar-refractivity contribution in [3.8, 4) is 5.75 Å². The maximum absolute atomic E-state index is 13.4. The highest BCUT2D eigenvalue weighted by Crippen LogP contribution is 2.39. The molecule has 18 heteroatoms. The van der Waals surface area contributed by atoms with Crippen molar-refractivity contribution >= 4 is 69.5 Å². The van der Waals surface area contributed by atoms with Crippen LogP contribution in [0.2, 0.25) is 5.02 Å². The Morgan fingerprint density at radius 1 is 0.906 bits per heavy atom. The van der Waals surface area contributed by atoms with Gasteiger partial charge in [0, 0.05) is 62.8 Å². The van der Waals surface area contributed by atoms with Gasteiger partial charge < -0.3 is 29.6 Å². The van der Waals surface area contributed by atoms with E-state index < -0.39 is 29.7 Å². The van der Waals surface area contributed by atoms with Crippen molar-refractivity contribution in [3.63, 3.8) is 0 Å². The number of likely N-dealkylation sites (tertiary alicyclic amines) is 1. The third-order valence-corrected chi connectivity index (χ3v) is 13.6. The van der Waals surface area contributed by atoms with Gasteiger partial charge in [-0.15, -0.1) is 0 Å². The molecule has 4 aliphatic heterocycles. The molecule has 4 aromatic rings. The number of carbonyl (C=O) groups is 5. The Kier molecular flexibility index (Phi) is 12.1. The number of halogens is 1. The number of aromatic nitrogens is 3. The summed E-state index contributed by atoms with van der Waals surface area (Å²) in [7, 11) is 1.51. The van der Waals surface area contributed by atoms with Gasteiger partial charge in [0.2, 0.25) is 17.8 Å². The van der Waals surface area contributed by atoms with E-state index in [1.165, 1.54) is 7.05 Å². The Morgan fingerprint density at radius 2 is 1.66 bits per heavy atom. The van der Waals surface area contributed by atoms with Crippen molar-refractivity contribution in [2.45, 2.75) is 101 Å². The normalized spacial score (nSPS) is 22.2. The third kappa shape index (κ3) is 8.55. The smallest absolute Gasteiger partial charge is 0.293 e. The first-order chi connectivity index (χ1) is 30.8. The molecule has 0 spiro atoms. The molecule has 9 rings (SSSR count). The maximum Gasteiger partial charge on any atom is 0.293 e. The number of piperidine rings is 2. The Labute approximate surface area is 374 Å². The Morgan fingerprint density at radius 3 is 2.38 bits per heavy atom. The summed E-state index contributed by atoms with van der Waals surface area (Å²) in [6.45, 7) is 6.87. The van der Waals surface area contributed by atoms with E-state index >= 15 is 0 Å². The summed E-state index contributed by atoms with van der Waals surface area (Å²) in [6.07, 6.45) is 7.91. The van der Waals surface area contributed by atoms with E-state index in [9.17, 15) is 28.8 Å². The molecule has 2 aromatic carbocycles. The Bertz CT molecular complexity index is 2580. The van der Waals surface area contributed by atoms with Gasteiger partial charge in [-0.3, -0.25) is 43.9 Å². The molecule has 3 saturated heterocycles. The van der Waals surface area contributed by atoms with Crippen molar-refractivity contribution < 1.29 is 33.4 Å². The molecule has 2 aromatic heterocycles. The average Bonchev–Trinajstić information content (AvgIpc) is 3.52. The number of rotatable bonds is 12. The second-order valence-corrected chi connectivity index (χ2v) is 18.1. The van der Waals surface area contributed by atoms with E-state index in [0.717, 1.165) is 86.1 Å². The van der Waals surface area contributed by atoms with Gasteiger partial charge in [0.15, 0.2) is 18.2 Å². The van der Waals surface area contributed by atoms with Crippen molar-refractivity contribution in [2.24, 2.45) is 0 Å². The molecule has 1 aliphatic carbocycles. The minimum atomic E-state index is -0.969. The molecule has 1 unspecified atom stereocenters. The van der Waals surface area contributed by atoms with E-state index in [4.69, 9.17) is 26.1 Å². The third-order valence-electron chi connectivity index (χ3n) is 13.3. The number of amides is 5. The molecule has 5 aliphatic rings. The van der Waals surface area contributed by atoms with Crippen molar-refractivity contribution in [1.29, 1.82) is 0 Å². The molecule has 17 nitrogen and oxygen atoms in total. The van der Waals surface area contributed by atoms with Crippen LogP contribution < -0.4 is 31.1 Å². The fraction of sp³-hybridized carbons (Fsp3) is 0.478. The minimum absolute atomic E-state index is 0.0871. The van der Waals surface area contributed by atoms with E-state index in [2.05, 4.69) is 30.7 Å². The van der Waals surface area contributed by atoms with Crippen molar-refractivity contribution in [3.05, 3.63) is 80.7 Å². The van der Waals surface area contributed by atoms with Gasteiger partial charge in [0.25, 0.3) is 23.3 Å². The van der Waals surface area contributed by atoms with Crippen LogP contribution in [-0.2, 0) is 19.1 Å². The number of nitrogens with zero attached hydrogens (tertiary/aromatic N) is 6. The largest absolute Gasteiger partial charge is 0.478 e. The van der Waals surface area contributed by atoms with Gasteiger partial charge in [-0.1, -0.05) is 17.7 Å². The SMILES string of the molecule is CNC(=O)COc1cc2cc(Nc3nc(N4CCC(OC5CN(C6CCC(c7ccc8c(c7)C(=O)N(C7CCC(=O)NC7=O)C8=O)CC6)C5)CC4)ncc3Cl)ccc2n(C(C)C)c1=O. The molecular formula is C46H52ClN9O8. The van der Waals surface area contributed by atoms with E-state index in [1.807, 2.05) is 44.2 Å². The zero-order valence-electron chi connectivity index (χ0n) is 36.1. The van der Waals surface area contributed by atoms with Gasteiger partial charge >= 0.3 is 0 Å². The van der Waals surface area contributed by atoms with Crippen LogP contribution in [0.25, 0.3) is 10.9 Å². The van der Waals surface area contributed by atoms with Gasteiger partial charge in [-0.2, -0.15) is 4.98 Å². The minimum Gasteiger partial charge on any atom is -0.478 e. The van der Waals surface area contributed by atoms with Crippen molar-refractivity contribution in [2.75, 3.05) is 50.1 Å². The molecule has 0 radical (unpaired) electrons. The fourth-order valence-corrected chi connectivity index (χ4v) is 9.94. The zero-order chi connectivity index (χ0) is 44.8. The topological polar surface area (TPSA) is 197 Å². The number of benzene rings is 2. The molecule has 4 fully saturated rings. The van der Waals surface area contributed by atoms with E-state index in [1.54, 1.807) is 22.9 Å². The molecular weight excluding hydrogens is 842 g/mol. The van der Waals surface area contributed by atoms with Crippen LogP contribution in [0.4, 0.5) is 17.5 Å². The lowest BCUT2D eigenvalue weighted by Gasteiger charge is -2.47. The molecule has 0 bridgehead atoms. The van der Waals surface area contributed by atoms with Crippen LogP contribution in [0, 0.1) is 0 Å². The second-order valence-electron chi connectivity index (χ2n) is 17.7. The lowest BCUT2D eigenvalue weighted by molar-refractivity contribution is -0.136.